The fraction of sp³-hybridized carbons (Fsp3) is 0.588. The number of aryl methyl sites for hydroxylation is 1. The molecular formula is C17H25NO. The maximum Gasteiger partial charge on any atom is 0.220 e. The molecule has 1 atom stereocenters. The molecule has 2 rings (SSSR count). The van der Waals surface area contributed by atoms with Crippen LogP contribution in [0.1, 0.15) is 56.1 Å². The molecule has 104 valence electrons. The molecule has 2 heteroatoms. The Labute approximate surface area is 116 Å². The molecule has 1 fully saturated rings. The van der Waals surface area contributed by atoms with Gasteiger partial charge in [-0.05, 0) is 43.6 Å². The molecule has 2 nitrogen and oxygen atoms in total. The first kappa shape index (κ1) is 14.1. The zero-order chi connectivity index (χ0) is 13.7. The molecule has 0 aliphatic heterocycles. The van der Waals surface area contributed by atoms with Gasteiger partial charge in [-0.15, -0.1) is 0 Å². The van der Waals surface area contributed by atoms with Crippen molar-refractivity contribution in [3.05, 3.63) is 35.4 Å². The summed E-state index contributed by atoms with van der Waals surface area (Å²) >= 11 is 0. The monoisotopic (exact) mass is 259 g/mol. The van der Waals surface area contributed by atoms with Crippen LogP contribution in [0.15, 0.2) is 24.3 Å². The third-order valence-electron chi connectivity index (χ3n) is 3.95. The summed E-state index contributed by atoms with van der Waals surface area (Å²) < 4.78 is 0. The van der Waals surface area contributed by atoms with Crippen LogP contribution in [0.25, 0.3) is 0 Å². The molecule has 0 heterocycles. The van der Waals surface area contributed by atoms with Gasteiger partial charge in [0.15, 0.2) is 0 Å². The van der Waals surface area contributed by atoms with Crippen molar-refractivity contribution >= 4 is 5.91 Å². The summed E-state index contributed by atoms with van der Waals surface area (Å²) in [5, 5.41) is 3.04. The van der Waals surface area contributed by atoms with Crippen molar-refractivity contribution in [3.63, 3.8) is 0 Å². The molecule has 1 aromatic carbocycles. The van der Waals surface area contributed by atoms with Gasteiger partial charge in [-0.25, -0.2) is 0 Å². The minimum atomic E-state index is 0.214. The summed E-state index contributed by atoms with van der Waals surface area (Å²) in [5.74, 6) is 1.35. The number of hydrogen-bond acceptors (Lipinski definition) is 1. The second-order valence-electron chi connectivity index (χ2n) is 5.76. The number of amides is 1. The molecule has 0 spiro atoms. The first-order chi connectivity index (χ1) is 9.20. The maximum absolute atomic E-state index is 12.0. The van der Waals surface area contributed by atoms with Crippen LogP contribution in [0.5, 0.6) is 0 Å². The lowest BCUT2D eigenvalue weighted by molar-refractivity contribution is -0.121. The van der Waals surface area contributed by atoms with E-state index in [1.807, 2.05) is 0 Å². The molecule has 0 saturated heterocycles. The lowest BCUT2D eigenvalue weighted by Gasteiger charge is -2.16. The highest BCUT2D eigenvalue weighted by Crippen LogP contribution is 2.44. The van der Waals surface area contributed by atoms with Crippen LogP contribution in [0.4, 0.5) is 0 Å². The average molecular weight is 259 g/mol. The summed E-state index contributed by atoms with van der Waals surface area (Å²) in [4.78, 5) is 12.0. The van der Waals surface area contributed by atoms with Gasteiger partial charge in [0, 0.05) is 13.0 Å². The van der Waals surface area contributed by atoms with Crippen LogP contribution in [0, 0.1) is 12.8 Å². The van der Waals surface area contributed by atoms with Gasteiger partial charge in [-0.2, -0.15) is 0 Å². The van der Waals surface area contributed by atoms with E-state index in [4.69, 9.17) is 0 Å². The van der Waals surface area contributed by atoms with E-state index in [1.54, 1.807) is 0 Å². The van der Waals surface area contributed by atoms with Gasteiger partial charge in [0.25, 0.3) is 0 Å². The summed E-state index contributed by atoms with van der Waals surface area (Å²) in [6.07, 6.45) is 5.41. The van der Waals surface area contributed by atoms with E-state index in [0.29, 0.717) is 12.3 Å². The maximum atomic E-state index is 12.0. The topological polar surface area (TPSA) is 29.1 Å². The Morgan fingerprint density at radius 3 is 2.58 bits per heavy atom. The van der Waals surface area contributed by atoms with E-state index in [-0.39, 0.29) is 5.91 Å². The molecule has 19 heavy (non-hydrogen) atoms. The molecule has 1 aromatic rings. The van der Waals surface area contributed by atoms with Crippen LogP contribution in [-0.2, 0) is 4.79 Å². The molecular weight excluding hydrogens is 234 g/mol. The molecule has 1 aliphatic rings. The molecule has 1 N–H and O–H groups in total. The fourth-order valence-electron chi connectivity index (χ4n) is 2.55. The van der Waals surface area contributed by atoms with Crippen molar-refractivity contribution in [2.24, 2.45) is 5.92 Å². The molecule has 1 amide bonds. The van der Waals surface area contributed by atoms with Crippen LogP contribution < -0.4 is 5.32 Å². The zero-order valence-corrected chi connectivity index (χ0v) is 12.1. The van der Waals surface area contributed by atoms with Crippen molar-refractivity contribution in [3.8, 4) is 0 Å². The number of carbonyl (C=O) groups excluding carboxylic acids is 1. The Kier molecular flexibility index (Phi) is 5.00. The highest BCUT2D eigenvalue weighted by atomic mass is 16.1. The van der Waals surface area contributed by atoms with Crippen molar-refractivity contribution in [2.45, 2.75) is 51.9 Å². The predicted octanol–water partition coefficient (Wildman–Crippen LogP) is 3.80. The standard InChI is InChI=1S/C17H25NO/c1-3-4-11-18-17(19)12-16(15-9-10-15)14-7-5-13(2)6-8-14/h5-8,15-16H,3-4,9-12H2,1-2H3,(H,18,19). The fourth-order valence-corrected chi connectivity index (χ4v) is 2.55. The second kappa shape index (κ2) is 6.74. The number of carbonyl (C=O) groups is 1. The normalized spacial score (nSPS) is 16.1. The van der Waals surface area contributed by atoms with E-state index in [9.17, 15) is 4.79 Å². The minimum absolute atomic E-state index is 0.214. The largest absolute Gasteiger partial charge is 0.356 e. The van der Waals surface area contributed by atoms with E-state index < -0.39 is 0 Å². The van der Waals surface area contributed by atoms with Gasteiger partial charge in [0.1, 0.15) is 0 Å². The Balaban J connectivity index is 1.93. The third-order valence-corrected chi connectivity index (χ3v) is 3.95. The van der Waals surface area contributed by atoms with Crippen LogP contribution in [0.2, 0.25) is 0 Å². The molecule has 1 unspecified atom stereocenters. The number of rotatable bonds is 7. The lowest BCUT2D eigenvalue weighted by atomic mass is 9.90. The molecule has 0 bridgehead atoms. The zero-order valence-electron chi connectivity index (χ0n) is 12.1. The van der Waals surface area contributed by atoms with Gasteiger partial charge >= 0.3 is 0 Å². The van der Waals surface area contributed by atoms with Crippen molar-refractivity contribution in [1.29, 1.82) is 0 Å². The van der Waals surface area contributed by atoms with Gasteiger partial charge in [-0.3, -0.25) is 4.79 Å². The lowest BCUT2D eigenvalue weighted by Crippen LogP contribution is -2.26. The van der Waals surface area contributed by atoms with Gasteiger partial charge in [-0.1, -0.05) is 43.2 Å². The Hall–Kier alpha value is -1.31. The Morgan fingerprint density at radius 2 is 2.00 bits per heavy atom. The first-order valence-corrected chi connectivity index (χ1v) is 7.54. The van der Waals surface area contributed by atoms with E-state index in [2.05, 4.69) is 43.4 Å². The smallest absolute Gasteiger partial charge is 0.220 e. The van der Waals surface area contributed by atoms with Gasteiger partial charge < -0.3 is 5.32 Å². The van der Waals surface area contributed by atoms with Crippen LogP contribution in [-0.4, -0.2) is 12.5 Å². The van der Waals surface area contributed by atoms with Crippen molar-refractivity contribution in [2.75, 3.05) is 6.54 Å². The van der Waals surface area contributed by atoms with Gasteiger partial charge in [0.2, 0.25) is 5.91 Å². The van der Waals surface area contributed by atoms with E-state index in [1.165, 1.54) is 24.0 Å². The summed E-state index contributed by atoms with van der Waals surface area (Å²) in [6.45, 7) is 5.07. The number of hydrogen-bond donors (Lipinski definition) is 1. The van der Waals surface area contributed by atoms with Crippen LogP contribution in [0.3, 0.4) is 0 Å². The SMILES string of the molecule is CCCCNC(=O)CC(c1ccc(C)cc1)C1CC1. The summed E-state index contributed by atoms with van der Waals surface area (Å²) in [7, 11) is 0. The number of benzene rings is 1. The Morgan fingerprint density at radius 1 is 1.32 bits per heavy atom. The molecule has 1 aliphatic carbocycles. The summed E-state index contributed by atoms with van der Waals surface area (Å²) in [6, 6.07) is 8.69. The molecule has 0 radical (unpaired) electrons. The van der Waals surface area contributed by atoms with E-state index in [0.717, 1.165) is 25.3 Å². The highest BCUT2D eigenvalue weighted by Gasteiger charge is 2.33. The average Bonchev–Trinajstić information content (AvgIpc) is 3.22. The third kappa shape index (κ3) is 4.38. The molecule has 0 aromatic heterocycles. The van der Waals surface area contributed by atoms with Crippen molar-refractivity contribution in [1.82, 2.24) is 5.32 Å². The molecule has 1 saturated carbocycles. The summed E-state index contributed by atoms with van der Waals surface area (Å²) in [5.41, 5.74) is 2.62. The van der Waals surface area contributed by atoms with Crippen molar-refractivity contribution < 1.29 is 4.79 Å². The minimum Gasteiger partial charge on any atom is -0.356 e. The number of nitrogens with one attached hydrogen (secondary N) is 1. The van der Waals surface area contributed by atoms with E-state index >= 15 is 0 Å². The Bertz CT molecular complexity index is 406. The quantitative estimate of drug-likeness (QED) is 0.741. The second-order valence-corrected chi connectivity index (χ2v) is 5.76. The van der Waals surface area contributed by atoms with Crippen LogP contribution >= 0.6 is 0 Å². The first-order valence-electron chi connectivity index (χ1n) is 7.54. The predicted molar refractivity (Wildman–Crippen MR) is 79.2 cm³/mol. The van der Waals surface area contributed by atoms with Gasteiger partial charge in [0.05, 0.1) is 0 Å². The number of unbranched alkanes of at least 4 members (excludes halogenated alkanes) is 1. The highest BCUT2D eigenvalue weighted by molar-refractivity contribution is 5.77.